The van der Waals surface area contributed by atoms with Crippen molar-refractivity contribution in [2.45, 2.75) is 39.8 Å². The summed E-state index contributed by atoms with van der Waals surface area (Å²) in [6.45, 7) is 8.95. The lowest BCUT2D eigenvalue weighted by Crippen LogP contribution is -2.29. The summed E-state index contributed by atoms with van der Waals surface area (Å²) < 4.78 is 5.69. The van der Waals surface area contributed by atoms with Gasteiger partial charge in [-0.3, -0.25) is 4.90 Å². The zero-order chi connectivity index (χ0) is 15.2. The number of benzene rings is 1. The molecule has 2 aromatic rings. The molecule has 114 valence electrons. The highest BCUT2D eigenvalue weighted by atomic mass is 16.3. The number of nitrogens with two attached hydrogens (primary N) is 1. The van der Waals surface area contributed by atoms with Crippen LogP contribution in [0.1, 0.15) is 42.0 Å². The van der Waals surface area contributed by atoms with Gasteiger partial charge in [0.15, 0.2) is 0 Å². The first-order valence-electron chi connectivity index (χ1n) is 7.66. The van der Waals surface area contributed by atoms with Gasteiger partial charge in [-0.1, -0.05) is 30.3 Å². The van der Waals surface area contributed by atoms with Crippen molar-refractivity contribution in [1.82, 2.24) is 4.90 Å². The van der Waals surface area contributed by atoms with Crippen molar-refractivity contribution in [3.63, 3.8) is 0 Å². The lowest BCUT2D eigenvalue weighted by molar-refractivity contribution is 0.198. The minimum atomic E-state index is 0.328. The van der Waals surface area contributed by atoms with Gasteiger partial charge in [0.1, 0.15) is 11.5 Å². The normalized spacial score (nSPS) is 12.8. The minimum Gasteiger partial charge on any atom is -0.466 e. The van der Waals surface area contributed by atoms with E-state index in [2.05, 4.69) is 48.2 Å². The second kappa shape index (κ2) is 7.43. The maximum absolute atomic E-state index is 5.70. The number of furan rings is 1. The van der Waals surface area contributed by atoms with Crippen LogP contribution in [0.5, 0.6) is 0 Å². The molecular weight excluding hydrogens is 260 g/mol. The number of nitrogens with zero attached hydrogens (tertiary/aromatic N) is 1. The first kappa shape index (κ1) is 15.8. The quantitative estimate of drug-likeness (QED) is 0.841. The average molecular weight is 286 g/mol. The summed E-state index contributed by atoms with van der Waals surface area (Å²) in [7, 11) is 0. The molecule has 1 aromatic carbocycles. The Hall–Kier alpha value is -1.58. The molecule has 1 unspecified atom stereocenters. The Morgan fingerprint density at radius 3 is 2.48 bits per heavy atom. The van der Waals surface area contributed by atoms with Crippen LogP contribution in [0.3, 0.4) is 0 Å². The third kappa shape index (κ3) is 4.19. The average Bonchev–Trinajstić information content (AvgIpc) is 2.82. The molecule has 2 rings (SSSR count). The predicted molar refractivity (Wildman–Crippen MR) is 87.1 cm³/mol. The Morgan fingerprint density at radius 2 is 1.90 bits per heavy atom. The van der Waals surface area contributed by atoms with Crippen LogP contribution in [0.4, 0.5) is 0 Å². The van der Waals surface area contributed by atoms with Gasteiger partial charge in [-0.05, 0) is 45.4 Å². The fourth-order valence-electron chi connectivity index (χ4n) is 2.78. The van der Waals surface area contributed by atoms with Gasteiger partial charge in [0, 0.05) is 24.7 Å². The second-order valence-electron chi connectivity index (χ2n) is 5.64. The molecule has 0 bridgehead atoms. The predicted octanol–water partition coefficient (Wildman–Crippen LogP) is 3.81. The Balaban J connectivity index is 2.16. The van der Waals surface area contributed by atoms with E-state index in [4.69, 9.17) is 10.2 Å². The first-order valence-corrected chi connectivity index (χ1v) is 7.66. The van der Waals surface area contributed by atoms with Crippen LogP contribution in [-0.2, 0) is 6.54 Å². The fourth-order valence-corrected chi connectivity index (χ4v) is 2.78. The molecule has 3 heteroatoms. The van der Waals surface area contributed by atoms with Gasteiger partial charge in [-0.15, -0.1) is 0 Å². The van der Waals surface area contributed by atoms with Crippen LogP contribution in [0.15, 0.2) is 40.8 Å². The Bertz CT molecular complexity index is 548. The van der Waals surface area contributed by atoms with E-state index in [1.54, 1.807) is 0 Å². The summed E-state index contributed by atoms with van der Waals surface area (Å²) in [5, 5.41) is 0. The van der Waals surface area contributed by atoms with Crippen molar-refractivity contribution in [3.05, 3.63) is 59.0 Å². The lowest BCUT2D eigenvalue weighted by atomic mass is 10.1. The summed E-state index contributed by atoms with van der Waals surface area (Å²) in [4.78, 5) is 2.47. The van der Waals surface area contributed by atoms with E-state index in [1.165, 1.54) is 11.1 Å². The molecule has 21 heavy (non-hydrogen) atoms. The van der Waals surface area contributed by atoms with Gasteiger partial charge >= 0.3 is 0 Å². The molecule has 1 heterocycles. The van der Waals surface area contributed by atoms with E-state index < -0.39 is 0 Å². The summed E-state index contributed by atoms with van der Waals surface area (Å²) in [5.41, 5.74) is 8.31. The molecule has 1 aromatic heterocycles. The van der Waals surface area contributed by atoms with Gasteiger partial charge < -0.3 is 10.2 Å². The number of hydrogen-bond donors (Lipinski definition) is 1. The van der Waals surface area contributed by atoms with Crippen molar-refractivity contribution < 1.29 is 4.42 Å². The van der Waals surface area contributed by atoms with Crippen LogP contribution < -0.4 is 5.73 Å². The molecule has 0 aliphatic heterocycles. The van der Waals surface area contributed by atoms with Crippen molar-refractivity contribution in [1.29, 1.82) is 0 Å². The topological polar surface area (TPSA) is 42.4 Å². The molecule has 0 aliphatic carbocycles. The summed E-state index contributed by atoms with van der Waals surface area (Å²) >= 11 is 0. The fraction of sp³-hybridized carbons (Fsp3) is 0.444. The third-order valence-corrected chi connectivity index (χ3v) is 3.96. The van der Waals surface area contributed by atoms with Crippen LogP contribution in [0, 0.1) is 13.8 Å². The van der Waals surface area contributed by atoms with E-state index in [1.807, 2.05) is 13.8 Å². The monoisotopic (exact) mass is 286 g/mol. The standard InChI is InChI=1S/C18H26N2O/c1-14-12-18(16(3)21-14)15(2)20(11-7-10-19)13-17-8-5-4-6-9-17/h4-6,8-9,12,15H,7,10-11,13,19H2,1-3H3. The Morgan fingerprint density at radius 1 is 1.19 bits per heavy atom. The van der Waals surface area contributed by atoms with Gasteiger partial charge in [-0.2, -0.15) is 0 Å². The molecule has 0 amide bonds. The smallest absolute Gasteiger partial charge is 0.105 e. The Kier molecular flexibility index (Phi) is 5.59. The van der Waals surface area contributed by atoms with E-state index >= 15 is 0 Å². The van der Waals surface area contributed by atoms with Crippen LogP contribution in [0.2, 0.25) is 0 Å². The van der Waals surface area contributed by atoms with Crippen molar-refractivity contribution in [2.24, 2.45) is 5.73 Å². The van der Waals surface area contributed by atoms with Crippen LogP contribution in [0.25, 0.3) is 0 Å². The second-order valence-corrected chi connectivity index (χ2v) is 5.64. The molecule has 0 saturated carbocycles. The molecule has 3 nitrogen and oxygen atoms in total. The summed E-state index contributed by atoms with van der Waals surface area (Å²) in [5.74, 6) is 2.00. The number of rotatable bonds is 7. The maximum Gasteiger partial charge on any atom is 0.105 e. The largest absolute Gasteiger partial charge is 0.466 e. The molecule has 1 atom stereocenters. The summed E-state index contributed by atoms with van der Waals surface area (Å²) in [6, 6.07) is 13.1. The molecule has 0 spiro atoms. The zero-order valence-corrected chi connectivity index (χ0v) is 13.3. The van der Waals surface area contributed by atoms with Crippen LogP contribution in [-0.4, -0.2) is 18.0 Å². The number of hydrogen-bond acceptors (Lipinski definition) is 3. The molecule has 2 N–H and O–H groups in total. The first-order chi connectivity index (χ1) is 10.1. The molecule has 0 aliphatic rings. The van der Waals surface area contributed by atoms with E-state index in [0.29, 0.717) is 6.04 Å². The highest BCUT2D eigenvalue weighted by Crippen LogP contribution is 2.27. The summed E-state index contributed by atoms with van der Waals surface area (Å²) in [6.07, 6.45) is 1.01. The zero-order valence-electron chi connectivity index (χ0n) is 13.3. The molecule has 0 fully saturated rings. The van der Waals surface area contributed by atoms with Gasteiger partial charge in [0.25, 0.3) is 0 Å². The molecular formula is C18H26N2O. The van der Waals surface area contributed by atoms with Crippen LogP contribution >= 0.6 is 0 Å². The third-order valence-electron chi connectivity index (χ3n) is 3.96. The van der Waals surface area contributed by atoms with Crippen molar-refractivity contribution >= 4 is 0 Å². The Labute approximate surface area is 127 Å². The van der Waals surface area contributed by atoms with E-state index in [9.17, 15) is 0 Å². The maximum atomic E-state index is 5.70. The van der Waals surface area contributed by atoms with Gasteiger partial charge in [-0.25, -0.2) is 0 Å². The highest BCUT2D eigenvalue weighted by molar-refractivity contribution is 5.24. The SMILES string of the molecule is Cc1cc(C(C)N(CCCN)Cc2ccccc2)c(C)o1. The highest BCUT2D eigenvalue weighted by Gasteiger charge is 2.19. The minimum absolute atomic E-state index is 0.328. The molecule has 0 saturated heterocycles. The molecule has 0 radical (unpaired) electrons. The van der Waals surface area contributed by atoms with E-state index in [-0.39, 0.29) is 0 Å². The van der Waals surface area contributed by atoms with Gasteiger partial charge in [0.05, 0.1) is 0 Å². The lowest BCUT2D eigenvalue weighted by Gasteiger charge is -2.29. The van der Waals surface area contributed by atoms with Gasteiger partial charge in [0.2, 0.25) is 0 Å². The number of aryl methyl sites for hydroxylation is 2. The van der Waals surface area contributed by atoms with E-state index in [0.717, 1.165) is 37.6 Å². The van der Waals surface area contributed by atoms with Crippen molar-refractivity contribution in [3.8, 4) is 0 Å². The van der Waals surface area contributed by atoms with Crippen molar-refractivity contribution in [2.75, 3.05) is 13.1 Å².